The minimum absolute atomic E-state index is 0.115. The molecule has 3 nitrogen and oxygen atoms in total. The molecule has 0 aliphatic carbocycles. The van der Waals surface area contributed by atoms with Gasteiger partial charge in [-0.15, -0.1) is 0 Å². The van der Waals surface area contributed by atoms with Crippen molar-refractivity contribution in [1.29, 1.82) is 5.26 Å². The number of hydrogen-bond acceptors (Lipinski definition) is 3. The zero-order valence-corrected chi connectivity index (χ0v) is 11.1. The van der Waals surface area contributed by atoms with Gasteiger partial charge in [0.1, 0.15) is 6.61 Å². The second kappa shape index (κ2) is 5.59. The van der Waals surface area contributed by atoms with Gasteiger partial charge in [0, 0.05) is 5.39 Å². The molecule has 21 heavy (non-hydrogen) atoms. The fourth-order valence-electron chi connectivity index (χ4n) is 2.03. The van der Waals surface area contributed by atoms with E-state index in [2.05, 4.69) is 4.98 Å². The first-order valence-electron chi connectivity index (χ1n) is 6.43. The number of benzene rings is 2. The summed E-state index contributed by atoms with van der Waals surface area (Å²) in [4.78, 5) is 4.45. The van der Waals surface area contributed by atoms with E-state index in [4.69, 9.17) is 10.00 Å². The molecule has 3 aromatic rings. The number of rotatable bonds is 3. The van der Waals surface area contributed by atoms with E-state index in [9.17, 15) is 4.39 Å². The molecule has 0 saturated carbocycles. The lowest BCUT2D eigenvalue weighted by atomic mass is 10.2. The summed E-state index contributed by atoms with van der Waals surface area (Å²) in [6, 6.07) is 17.6. The number of ether oxygens (including phenoxy) is 1. The molecule has 0 radical (unpaired) electrons. The summed E-state index contributed by atoms with van der Waals surface area (Å²) in [5.74, 6) is -0.432. The van der Waals surface area contributed by atoms with Gasteiger partial charge in [-0.3, -0.25) is 0 Å². The molecule has 0 atom stereocenters. The van der Waals surface area contributed by atoms with Crippen molar-refractivity contribution in [3.8, 4) is 11.8 Å². The number of halogens is 1. The molecular formula is C17H11FN2O. The quantitative estimate of drug-likeness (QED) is 0.731. The Morgan fingerprint density at radius 1 is 1.10 bits per heavy atom. The van der Waals surface area contributed by atoms with Crippen LogP contribution in [0.1, 0.15) is 11.3 Å². The van der Waals surface area contributed by atoms with Crippen molar-refractivity contribution in [3.63, 3.8) is 0 Å². The summed E-state index contributed by atoms with van der Waals surface area (Å²) in [6.07, 6.45) is 0. The Morgan fingerprint density at radius 2 is 1.95 bits per heavy atom. The predicted molar refractivity (Wildman–Crippen MR) is 77.2 cm³/mol. The van der Waals surface area contributed by atoms with Gasteiger partial charge in [-0.1, -0.05) is 24.3 Å². The molecule has 3 rings (SSSR count). The number of aromatic nitrogens is 1. The number of fused-ring (bicyclic) bond motifs is 1. The first-order valence-corrected chi connectivity index (χ1v) is 6.43. The maximum Gasteiger partial charge on any atom is 0.166 e. The van der Waals surface area contributed by atoms with Gasteiger partial charge in [-0.25, -0.2) is 9.37 Å². The van der Waals surface area contributed by atoms with Crippen LogP contribution in [0, 0.1) is 17.1 Å². The minimum atomic E-state index is -0.546. The summed E-state index contributed by atoms with van der Waals surface area (Å²) >= 11 is 0. The monoisotopic (exact) mass is 278 g/mol. The van der Waals surface area contributed by atoms with E-state index in [1.54, 1.807) is 0 Å². The van der Waals surface area contributed by atoms with Crippen molar-refractivity contribution in [2.24, 2.45) is 0 Å². The molecule has 0 aliphatic rings. The molecule has 0 saturated heterocycles. The van der Waals surface area contributed by atoms with E-state index in [1.807, 2.05) is 42.5 Å². The van der Waals surface area contributed by atoms with Crippen LogP contribution >= 0.6 is 0 Å². The van der Waals surface area contributed by atoms with Gasteiger partial charge in [-0.2, -0.15) is 5.26 Å². The van der Waals surface area contributed by atoms with Crippen molar-refractivity contribution in [2.75, 3.05) is 0 Å². The zero-order valence-electron chi connectivity index (χ0n) is 11.1. The molecular weight excluding hydrogens is 267 g/mol. The molecule has 0 bridgehead atoms. The van der Waals surface area contributed by atoms with Gasteiger partial charge in [0.25, 0.3) is 0 Å². The third-order valence-electron chi connectivity index (χ3n) is 3.09. The van der Waals surface area contributed by atoms with E-state index in [1.165, 1.54) is 12.1 Å². The Labute approximate surface area is 121 Å². The van der Waals surface area contributed by atoms with Crippen molar-refractivity contribution in [2.45, 2.75) is 6.61 Å². The fourth-order valence-corrected chi connectivity index (χ4v) is 2.03. The highest BCUT2D eigenvalue weighted by Crippen LogP contribution is 2.19. The summed E-state index contributed by atoms with van der Waals surface area (Å²) in [6.45, 7) is 0.174. The number of hydrogen-bond donors (Lipinski definition) is 0. The van der Waals surface area contributed by atoms with E-state index in [-0.39, 0.29) is 17.9 Å². The first-order chi connectivity index (χ1) is 10.3. The van der Waals surface area contributed by atoms with Crippen LogP contribution in [0.15, 0.2) is 54.6 Å². The van der Waals surface area contributed by atoms with Gasteiger partial charge in [0.2, 0.25) is 0 Å². The van der Waals surface area contributed by atoms with E-state index < -0.39 is 5.82 Å². The predicted octanol–water partition coefficient (Wildman–Crippen LogP) is 3.82. The Kier molecular flexibility index (Phi) is 3.48. The summed E-state index contributed by atoms with van der Waals surface area (Å²) in [5.41, 5.74) is 1.86. The maximum absolute atomic E-state index is 13.7. The standard InChI is InChI=1S/C17H11FN2O/c18-15-9-12(10-19)5-8-17(15)21-11-14-7-6-13-3-1-2-4-16(13)20-14/h1-9H,11H2. The number of nitriles is 1. The second-order valence-corrected chi connectivity index (χ2v) is 4.54. The molecule has 0 N–H and O–H groups in total. The highest BCUT2D eigenvalue weighted by atomic mass is 19.1. The average Bonchev–Trinajstić information content (AvgIpc) is 2.53. The van der Waals surface area contributed by atoms with Crippen LogP contribution in [0.2, 0.25) is 0 Å². The fraction of sp³-hybridized carbons (Fsp3) is 0.0588. The number of para-hydroxylation sites is 1. The van der Waals surface area contributed by atoms with Crippen molar-refractivity contribution >= 4 is 10.9 Å². The normalized spacial score (nSPS) is 10.3. The molecule has 0 unspecified atom stereocenters. The van der Waals surface area contributed by atoms with Gasteiger partial charge >= 0.3 is 0 Å². The third kappa shape index (κ3) is 2.82. The van der Waals surface area contributed by atoms with Gasteiger partial charge in [0.15, 0.2) is 11.6 Å². The van der Waals surface area contributed by atoms with Crippen LogP contribution in [0.4, 0.5) is 4.39 Å². The first kappa shape index (κ1) is 13.1. The number of nitrogens with zero attached hydrogens (tertiary/aromatic N) is 2. The molecule has 2 aromatic carbocycles. The minimum Gasteiger partial charge on any atom is -0.484 e. The van der Waals surface area contributed by atoms with Crippen LogP contribution in [0.3, 0.4) is 0 Å². The van der Waals surface area contributed by atoms with Gasteiger partial charge < -0.3 is 4.74 Å². The molecule has 102 valence electrons. The maximum atomic E-state index is 13.7. The summed E-state index contributed by atoms with van der Waals surface area (Å²) in [7, 11) is 0. The second-order valence-electron chi connectivity index (χ2n) is 4.54. The van der Waals surface area contributed by atoms with Crippen LogP contribution in [-0.4, -0.2) is 4.98 Å². The lowest BCUT2D eigenvalue weighted by molar-refractivity contribution is 0.286. The van der Waals surface area contributed by atoms with Crippen LogP contribution < -0.4 is 4.74 Å². The number of pyridine rings is 1. The third-order valence-corrected chi connectivity index (χ3v) is 3.09. The van der Waals surface area contributed by atoms with Crippen molar-refractivity contribution in [1.82, 2.24) is 4.98 Å². The smallest absolute Gasteiger partial charge is 0.166 e. The Balaban J connectivity index is 1.78. The summed E-state index contributed by atoms with van der Waals surface area (Å²) in [5, 5.41) is 9.74. The highest BCUT2D eigenvalue weighted by molar-refractivity contribution is 5.78. The molecule has 1 aromatic heterocycles. The molecule has 0 aliphatic heterocycles. The highest BCUT2D eigenvalue weighted by Gasteiger charge is 2.06. The van der Waals surface area contributed by atoms with Crippen LogP contribution in [0.5, 0.6) is 5.75 Å². The largest absolute Gasteiger partial charge is 0.484 e. The van der Waals surface area contributed by atoms with Crippen LogP contribution in [0.25, 0.3) is 10.9 Å². The average molecular weight is 278 g/mol. The lowest BCUT2D eigenvalue weighted by Gasteiger charge is -2.07. The SMILES string of the molecule is N#Cc1ccc(OCc2ccc3ccccc3n2)c(F)c1. The van der Waals surface area contributed by atoms with E-state index in [0.29, 0.717) is 0 Å². The van der Waals surface area contributed by atoms with E-state index in [0.717, 1.165) is 22.7 Å². The molecule has 1 heterocycles. The Morgan fingerprint density at radius 3 is 2.76 bits per heavy atom. The van der Waals surface area contributed by atoms with Crippen molar-refractivity contribution in [3.05, 3.63) is 71.7 Å². The zero-order chi connectivity index (χ0) is 14.7. The molecule has 0 amide bonds. The summed E-state index contributed by atoms with van der Waals surface area (Å²) < 4.78 is 19.1. The van der Waals surface area contributed by atoms with Crippen LogP contribution in [-0.2, 0) is 6.61 Å². The Bertz CT molecular complexity index is 840. The molecule has 0 fully saturated rings. The Hall–Kier alpha value is -2.93. The molecule has 4 heteroatoms. The van der Waals surface area contributed by atoms with Gasteiger partial charge in [0.05, 0.1) is 22.8 Å². The molecule has 0 spiro atoms. The van der Waals surface area contributed by atoms with E-state index >= 15 is 0 Å². The van der Waals surface area contributed by atoms with Crippen molar-refractivity contribution < 1.29 is 9.13 Å². The van der Waals surface area contributed by atoms with Gasteiger partial charge in [-0.05, 0) is 30.3 Å². The topological polar surface area (TPSA) is 45.9 Å². The lowest BCUT2D eigenvalue weighted by Crippen LogP contribution is -2.00.